The molecule has 53 heavy (non-hydrogen) atoms. The first-order valence-electron chi connectivity index (χ1n) is 18.3. The van der Waals surface area contributed by atoms with Crippen molar-refractivity contribution in [2.24, 2.45) is 0 Å². The molecule has 0 unspecified atom stereocenters. The highest BCUT2D eigenvalue weighted by molar-refractivity contribution is 6.15. The van der Waals surface area contributed by atoms with Crippen LogP contribution in [0, 0.1) is 0 Å². The molecule has 1 aliphatic carbocycles. The molecule has 0 N–H and O–H groups in total. The lowest BCUT2D eigenvalue weighted by Crippen LogP contribution is -2.16. The average molecular weight is 680 g/mol. The summed E-state index contributed by atoms with van der Waals surface area (Å²) in [5.41, 5.74) is 16.6. The molecule has 0 bridgehead atoms. The van der Waals surface area contributed by atoms with Crippen molar-refractivity contribution in [3.05, 3.63) is 199 Å². The van der Waals surface area contributed by atoms with Crippen LogP contribution < -0.4 is 4.90 Å². The van der Waals surface area contributed by atoms with Gasteiger partial charge in [0.25, 0.3) is 0 Å². The Kier molecular flexibility index (Phi) is 7.16. The second-order valence-corrected chi connectivity index (χ2v) is 14.4. The Hall–Kier alpha value is -6.71. The molecule has 1 aliphatic rings. The fourth-order valence-electron chi connectivity index (χ4n) is 8.57. The van der Waals surface area contributed by atoms with Gasteiger partial charge in [-0.1, -0.05) is 129 Å². The summed E-state index contributed by atoms with van der Waals surface area (Å²) in [4.78, 5) is 7.03. The molecule has 2 aromatic heterocycles. The van der Waals surface area contributed by atoms with Crippen LogP contribution in [-0.2, 0) is 5.41 Å². The van der Waals surface area contributed by atoms with Crippen molar-refractivity contribution >= 4 is 38.9 Å². The number of anilines is 3. The van der Waals surface area contributed by atoms with Gasteiger partial charge in [-0.15, -0.1) is 0 Å². The van der Waals surface area contributed by atoms with Crippen molar-refractivity contribution < 1.29 is 0 Å². The monoisotopic (exact) mass is 679 g/mol. The normalized spacial score (nSPS) is 12.9. The van der Waals surface area contributed by atoms with E-state index in [1.165, 1.54) is 60.9 Å². The lowest BCUT2D eigenvalue weighted by atomic mass is 9.82. The maximum absolute atomic E-state index is 4.61. The van der Waals surface area contributed by atoms with Crippen molar-refractivity contribution in [1.29, 1.82) is 0 Å². The van der Waals surface area contributed by atoms with Crippen LogP contribution in [0.5, 0.6) is 0 Å². The van der Waals surface area contributed by atoms with Crippen LogP contribution in [0.25, 0.3) is 61.0 Å². The predicted octanol–water partition coefficient (Wildman–Crippen LogP) is 13.3. The van der Waals surface area contributed by atoms with Gasteiger partial charge in [-0.05, 0) is 94.5 Å². The van der Waals surface area contributed by atoms with Gasteiger partial charge in [0.1, 0.15) is 0 Å². The molecule has 0 fully saturated rings. The molecule has 7 aromatic carbocycles. The standard InChI is InChI=1S/C50H37N3/c1-50(2)42-19-8-6-16-40(42)49-43(50)20-13-24-47(49)52(38-31-27-35(28-32-38)44-21-10-11-33-51-44)37-29-25-34(26-30-37)39-18-12-23-46-48(39)41-17-7-9-22-45(41)53(46)36-14-4-3-5-15-36/h3-33H,1-2H3. The summed E-state index contributed by atoms with van der Waals surface area (Å²) < 4.78 is 2.38. The van der Waals surface area contributed by atoms with Gasteiger partial charge < -0.3 is 9.47 Å². The second-order valence-electron chi connectivity index (χ2n) is 14.4. The van der Waals surface area contributed by atoms with Gasteiger partial charge in [0, 0.05) is 50.6 Å². The first kappa shape index (κ1) is 31.1. The minimum absolute atomic E-state index is 0.0993. The summed E-state index contributed by atoms with van der Waals surface area (Å²) >= 11 is 0. The maximum atomic E-state index is 4.61. The molecule has 0 atom stereocenters. The lowest BCUT2D eigenvalue weighted by Gasteiger charge is -2.29. The summed E-state index contributed by atoms with van der Waals surface area (Å²) in [5.74, 6) is 0. The molecule has 10 rings (SSSR count). The van der Waals surface area contributed by atoms with Crippen molar-refractivity contribution in [2.45, 2.75) is 19.3 Å². The Morgan fingerprint density at radius 1 is 0.491 bits per heavy atom. The molecular weight excluding hydrogens is 643 g/mol. The number of aromatic nitrogens is 2. The van der Waals surface area contributed by atoms with Gasteiger partial charge in [0.15, 0.2) is 0 Å². The fourth-order valence-corrected chi connectivity index (χ4v) is 8.57. The SMILES string of the molecule is CC1(C)c2ccccc2-c2c(N(c3ccc(-c4ccccn4)cc3)c3ccc(-c4cccc5c4c4ccccc4n5-c4ccccc4)cc3)cccc21. The summed E-state index contributed by atoms with van der Waals surface area (Å²) in [6.45, 7) is 4.69. The van der Waals surface area contributed by atoms with Gasteiger partial charge in [0.2, 0.25) is 0 Å². The summed E-state index contributed by atoms with van der Waals surface area (Å²) in [6, 6.07) is 65.8. The minimum atomic E-state index is -0.0993. The molecule has 0 aliphatic heterocycles. The molecule has 0 amide bonds. The third-order valence-electron chi connectivity index (χ3n) is 11.1. The van der Waals surface area contributed by atoms with E-state index in [4.69, 9.17) is 0 Å². The first-order chi connectivity index (χ1) is 26.1. The predicted molar refractivity (Wildman–Crippen MR) is 222 cm³/mol. The van der Waals surface area contributed by atoms with E-state index in [1.807, 2.05) is 18.3 Å². The van der Waals surface area contributed by atoms with Crippen LogP contribution in [0.15, 0.2) is 188 Å². The van der Waals surface area contributed by atoms with E-state index in [-0.39, 0.29) is 5.41 Å². The van der Waals surface area contributed by atoms with Crippen molar-refractivity contribution in [1.82, 2.24) is 9.55 Å². The topological polar surface area (TPSA) is 21.1 Å². The zero-order valence-corrected chi connectivity index (χ0v) is 29.7. The minimum Gasteiger partial charge on any atom is -0.310 e. The number of para-hydroxylation sites is 2. The van der Waals surface area contributed by atoms with E-state index in [1.54, 1.807) is 0 Å². The molecule has 0 spiro atoms. The molecular formula is C50H37N3. The number of hydrogen-bond donors (Lipinski definition) is 0. The molecule has 0 saturated carbocycles. The lowest BCUT2D eigenvalue weighted by molar-refractivity contribution is 0.660. The smallest absolute Gasteiger partial charge is 0.0701 e. The van der Waals surface area contributed by atoms with Crippen LogP contribution in [0.2, 0.25) is 0 Å². The van der Waals surface area contributed by atoms with Crippen LogP contribution in [0.4, 0.5) is 17.1 Å². The number of fused-ring (bicyclic) bond motifs is 6. The Labute approximate surface area is 310 Å². The van der Waals surface area contributed by atoms with Crippen molar-refractivity contribution in [3.63, 3.8) is 0 Å². The van der Waals surface area contributed by atoms with Crippen LogP contribution in [0.1, 0.15) is 25.0 Å². The third kappa shape index (κ3) is 4.92. The van der Waals surface area contributed by atoms with E-state index < -0.39 is 0 Å². The Bertz CT molecular complexity index is 2780. The van der Waals surface area contributed by atoms with E-state index in [9.17, 15) is 0 Å². The summed E-state index contributed by atoms with van der Waals surface area (Å²) in [6.07, 6.45) is 1.85. The van der Waals surface area contributed by atoms with E-state index >= 15 is 0 Å². The van der Waals surface area contributed by atoms with Gasteiger partial charge in [0.05, 0.1) is 22.4 Å². The molecule has 0 radical (unpaired) electrons. The van der Waals surface area contributed by atoms with E-state index in [0.717, 1.165) is 28.3 Å². The zero-order chi connectivity index (χ0) is 35.5. The van der Waals surface area contributed by atoms with Crippen LogP contribution >= 0.6 is 0 Å². The van der Waals surface area contributed by atoms with Gasteiger partial charge in [-0.25, -0.2) is 0 Å². The Morgan fingerprint density at radius 3 is 1.89 bits per heavy atom. The third-order valence-corrected chi connectivity index (χ3v) is 11.1. The molecule has 0 saturated heterocycles. The number of pyridine rings is 1. The molecule has 3 heteroatoms. The number of nitrogens with zero attached hydrogens (tertiary/aromatic N) is 3. The van der Waals surface area contributed by atoms with Crippen LogP contribution in [0.3, 0.4) is 0 Å². The quantitative estimate of drug-likeness (QED) is 0.174. The van der Waals surface area contributed by atoms with Gasteiger partial charge in [-0.3, -0.25) is 4.98 Å². The number of rotatable bonds is 6. The molecule has 252 valence electrons. The zero-order valence-electron chi connectivity index (χ0n) is 29.7. The van der Waals surface area contributed by atoms with E-state index in [2.05, 4.69) is 198 Å². The number of hydrogen-bond acceptors (Lipinski definition) is 2. The number of benzene rings is 7. The maximum Gasteiger partial charge on any atom is 0.0701 e. The van der Waals surface area contributed by atoms with Gasteiger partial charge >= 0.3 is 0 Å². The highest BCUT2D eigenvalue weighted by Crippen LogP contribution is 2.54. The van der Waals surface area contributed by atoms with Crippen molar-refractivity contribution in [3.8, 4) is 39.2 Å². The summed E-state index contributed by atoms with van der Waals surface area (Å²) in [5, 5.41) is 2.52. The van der Waals surface area contributed by atoms with E-state index in [0.29, 0.717) is 0 Å². The Balaban J connectivity index is 1.14. The molecule has 3 nitrogen and oxygen atoms in total. The largest absolute Gasteiger partial charge is 0.310 e. The Morgan fingerprint density at radius 2 is 1.11 bits per heavy atom. The van der Waals surface area contributed by atoms with Gasteiger partial charge in [-0.2, -0.15) is 0 Å². The highest BCUT2D eigenvalue weighted by Gasteiger charge is 2.37. The average Bonchev–Trinajstić information content (AvgIpc) is 3.68. The second kappa shape index (κ2) is 12.2. The summed E-state index contributed by atoms with van der Waals surface area (Å²) in [7, 11) is 0. The highest BCUT2D eigenvalue weighted by atomic mass is 15.1. The fraction of sp³-hybridized carbons (Fsp3) is 0.0600. The first-order valence-corrected chi connectivity index (χ1v) is 18.3. The molecule has 9 aromatic rings. The molecule has 2 heterocycles. The van der Waals surface area contributed by atoms with Crippen molar-refractivity contribution in [2.75, 3.05) is 4.90 Å². The van der Waals surface area contributed by atoms with Crippen LogP contribution in [-0.4, -0.2) is 9.55 Å².